The molecule has 0 bridgehead atoms. The summed E-state index contributed by atoms with van der Waals surface area (Å²) in [6.45, 7) is 3.85. The first-order chi connectivity index (χ1) is 15.5. The van der Waals surface area contributed by atoms with Crippen LogP contribution in [0.15, 0.2) is 47.1 Å². The molecule has 8 nitrogen and oxygen atoms in total. The Bertz CT molecular complexity index is 1160. The van der Waals surface area contributed by atoms with Crippen molar-refractivity contribution in [1.82, 2.24) is 9.97 Å². The molecule has 0 amide bonds. The maximum Gasteiger partial charge on any atom is 0.238 e. The smallest absolute Gasteiger partial charge is 0.238 e. The summed E-state index contributed by atoms with van der Waals surface area (Å²) in [5.74, 6) is 1.22. The van der Waals surface area contributed by atoms with E-state index in [2.05, 4.69) is 38.0 Å². The summed E-state index contributed by atoms with van der Waals surface area (Å²) in [5, 5.41) is 27.3. The molecular formula is C23H20BrN5O3. The zero-order valence-corrected chi connectivity index (χ0v) is 19.1. The number of benzene rings is 2. The Hall–Kier alpha value is -3.50. The molecule has 0 saturated carbocycles. The van der Waals surface area contributed by atoms with Crippen LogP contribution in [0.3, 0.4) is 0 Å². The van der Waals surface area contributed by atoms with Crippen molar-refractivity contribution in [3.8, 4) is 23.8 Å². The van der Waals surface area contributed by atoms with Crippen LogP contribution in [-0.4, -0.2) is 35.0 Å². The number of nitriles is 2. The predicted octanol–water partition coefficient (Wildman–Crippen LogP) is 4.50. The first-order valence-electron chi connectivity index (χ1n) is 9.65. The molecule has 32 heavy (non-hydrogen) atoms. The summed E-state index contributed by atoms with van der Waals surface area (Å²) in [6, 6.07) is 14.6. The average molecular weight is 494 g/mol. The molecule has 0 aliphatic heterocycles. The molecular weight excluding hydrogens is 474 g/mol. The molecule has 0 radical (unpaired) electrons. The van der Waals surface area contributed by atoms with Crippen LogP contribution >= 0.6 is 15.9 Å². The van der Waals surface area contributed by atoms with Gasteiger partial charge in [-0.05, 0) is 77.3 Å². The summed E-state index contributed by atoms with van der Waals surface area (Å²) in [5.41, 5.74) is 3.41. The zero-order valence-electron chi connectivity index (χ0n) is 17.5. The summed E-state index contributed by atoms with van der Waals surface area (Å²) in [4.78, 5) is 10.7. The third-order valence-electron chi connectivity index (χ3n) is 4.49. The molecule has 9 heteroatoms. The van der Waals surface area contributed by atoms with Crippen LogP contribution in [0.1, 0.15) is 22.3 Å². The van der Waals surface area contributed by atoms with Crippen molar-refractivity contribution in [1.29, 1.82) is 10.5 Å². The minimum atomic E-state index is -0.117. The molecule has 162 valence electrons. The Morgan fingerprint density at radius 2 is 1.72 bits per heavy atom. The summed E-state index contributed by atoms with van der Waals surface area (Å²) in [7, 11) is 0. The molecule has 1 N–H and O–H groups in total. The van der Waals surface area contributed by atoms with E-state index in [0.717, 1.165) is 11.1 Å². The molecule has 1 aromatic heterocycles. The number of aryl methyl sites for hydroxylation is 2. The largest absolute Gasteiger partial charge is 0.437 e. The lowest BCUT2D eigenvalue weighted by Crippen LogP contribution is -2.24. The van der Waals surface area contributed by atoms with E-state index in [9.17, 15) is 0 Å². The van der Waals surface area contributed by atoms with Crippen molar-refractivity contribution in [3.05, 3.63) is 69.3 Å². The first kappa shape index (κ1) is 23.2. The molecule has 0 unspecified atom stereocenters. The highest BCUT2D eigenvalue weighted by atomic mass is 79.9. The van der Waals surface area contributed by atoms with Gasteiger partial charge in [-0.25, -0.2) is 4.98 Å². The molecule has 0 spiro atoms. The van der Waals surface area contributed by atoms with E-state index >= 15 is 0 Å². The van der Waals surface area contributed by atoms with Crippen LogP contribution in [0.2, 0.25) is 0 Å². The lowest BCUT2D eigenvalue weighted by atomic mass is 10.1. The van der Waals surface area contributed by atoms with Gasteiger partial charge in [0, 0.05) is 5.69 Å². The van der Waals surface area contributed by atoms with Crippen molar-refractivity contribution >= 4 is 27.6 Å². The number of rotatable bonds is 8. The maximum atomic E-state index is 9.17. The van der Waals surface area contributed by atoms with Gasteiger partial charge in [0.25, 0.3) is 0 Å². The van der Waals surface area contributed by atoms with E-state index in [4.69, 9.17) is 25.1 Å². The molecule has 0 saturated heterocycles. The van der Waals surface area contributed by atoms with Gasteiger partial charge in [0.2, 0.25) is 11.8 Å². The Kier molecular flexibility index (Phi) is 7.74. The third kappa shape index (κ3) is 5.40. The average Bonchev–Trinajstić information content (AvgIpc) is 2.80. The normalized spacial score (nSPS) is 10.3. The molecule has 0 fully saturated rings. The van der Waals surface area contributed by atoms with Gasteiger partial charge in [0.05, 0.1) is 47.1 Å². The van der Waals surface area contributed by atoms with Crippen molar-refractivity contribution in [2.45, 2.75) is 13.8 Å². The van der Waals surface area contributed by atoms with Gasteiger partial charge in [0.15, 0.2) is 0 Å². The van der Waals surface area contributed by atoms with Crippen LogP contribution in [0.25, 0.3) is 0 Å². The van der Waals surface area contributed by atoms with Gasteiger partial charge in [-0.3, -0.25) is 4.90 Å². The van der Waals surface area contributed by atoms with Crippen LogP contribution in [-0.2, 0) is 4.74 Å². The SMILES string of the molecule is Cc1cc(C#N)cc(C)c1Oc1nc(N(COCCO)c2ccc(C#N)cc2)ncc1Br. The number of aliphatic hydroxyl groups excluding tert-OH is 1. The number of aromatic nitrogens is 2. The second kappa shape index (κ2) is 10.7. The first-order valence-corrected chi connectivity index (χ1v) is 10.4. The lowest BCUT2D eigenvalue weighted by Gasteiger charge is -2.23. The fraction of sp³-hybridized carbons (Fsp3) is 0.217. The molecule has 0 atom stereocenters. The van der Waals surface area contributed by atoms with Crippen molar-refractivity contribution in [2.24, 2.45) is 0 Å². The molecule has 0 aliphatic rings. The minimum absolute atomic E-state index is 0.0858. The number of nitrogens with zero attached hydrogens (tertiary/aromatic N) is 5. The summed E-state index contributed by atoms with van der Waals surface area (Å²) in [6.07, 6.45) is 1.58. The Morgan fingerprint density at radius 1 is 1.06 bits per heavy atom. The number of ether oxygens (including phenoxy) is 2. The van der Waals surface area contributed by atoms with Crippen LogP contribution in [0.4, 0.5) is 11.6 Å². The number of aliphatic hydroxyl groups is 1. The maximum absolute atomic E-state index is 9.17. The molecule has 1 heterocycles. The van der Waals surface area contributed by atoms with E-state index in [1.807, 2.05) is 13.8 Å². The van der Waals surface area contributed by atoms with Crippen molar-refractivity contribution < 1.29 is 14.6 Å². The quantitative estimate of drug-likeness (QED) is 0.360. The lowest BCUT2D eigenvalue weighted by molar-refractivity contribution is 0.0962. The molecule has 3 rings (SSSR count). The Morgan fingerprint density at radius 3 is 2.31 bits per heavy atom. The van der Waals surface area contributed by atoms with E-state index in [-0.39, 0.29) is 19.9 Å². The highest BCUT2D eigenvalue weighted by Gasteiger charge is 2.18. The number of hydrogen-bond acceptors (Lipinski definition) is 8. The van der Waals surface area contributed by atoms with E-state index in [1.165, 1.54) is 0 Å². The van der Waals surface area contributed by atoms with E-state index < -0.39 is 0 Å². The van der Waals surface area contributed by atoms with Crippen LogP contribution < -0.4 is 9.64 Å². The Balaban J connectivity index is 1.98. The van der Waals surface area contributed by atoms with E-state index in [1.54, 1.807) is 47.5 Å². The standard InChI is InChI=1S/C23H20BrN5O3/c1-15-9-18(12-26)10-16(2)21(15)32-22-20(24)13-27-23(28-22)29(14-31-8-7-30)19-5-3-17(11-25)4-6-19/h3-6,9-10,13,30H,7-8,14H2,1-2H3. The topological polar surface area (TPSA) is 115 Å². The highest BCUT2D eigenvalue weighted by molar-refractivity contribution is 9.10. The van der Waals surface area contributed by atoms with Gasteiger partial charge in [-0.15, -0.1) is 0 Å². The fourth-order valence-electron chi connectivity index (χ4n) is 3.00. The molecule has 3 aromatic rings. The summed E-state index contributed by atoms with van der Waals surface area (Å²) >= 11 is 3.43. The highest BCUT2D eigenvalue weighted by Crippen LogP contribution is 2.34. The zero-order chi connectivity index (χ0) is 23.1. The van der Waals surface area contributed by atoms with Gasteiger partial charge >= 0.3 is 0 Å². The fourth-order valence-corrected chi connectivity index (χ4v) is 3.27. The van der Waals surface area contributed by atoms with E-state index in [0.29, 0.717) is 38.9 Å². The number of anilines is 2. The molecule has 2 aromatic carbocycles. The van der Waals surface area contributed by atoms with Crippen molar-refractivity contribution in [3.63, 3.8) is 0 Å². The second-order valence-electron chi connectivity index (χ2n) is 6.82. The van der Waals surface area contributed by atoms with Crippen molar-refractivity contribution in [2.75, 3.05) is 24.8 Å². The van der Waals surface area contributed by atoms with Gasteiger partial charge < -0.3 is 14.6 Å². The van der Waals surface area contributed by atoms with Crippen LogP contribution in [0, 0.1) is 36.5 Å². The minimum Gasteiger partial charge on any atom is -0.437 e. The second-order valence-corrected chi connectivity index (χ2v) is 7.68. The Labute approximate surface area is 194 Å². The number of hydrogen-bond donors (Lipinski definition) is 1. The van der Waals surface area contributed by atoms with Crippen LogP contribution in [0.5, 0.6) is 11.6 Å². The third-order valence-corrected chi connectivity index (χ3v) is 5.04. The number of halogens is 1. The predicted molar refractivity (Wildman–Crippen MR) is 122 cm³/mol. The van der Waals surface area contributed by atoms with Gasteiger partial charge in [0.1, 0.15) is 12.5 Å². The summed E-state index contributed by atoms with van der Waals surface area (Å²) < 4.78 is 12.2. The molecule has 0 aliphatic carbocycles. The van der Waals surface area contributed by atoms with Gasteiger partial charge in [-0.2, -0.15) is 15.5 Å². The monoisotopic (exact) mass is 493 g/mol. The van der Waals surface area contributed by atoms with Gasteiger partial charge in [-0.1, -0.05) is 0 Å².